The van der Waals surface area contributed by atoms with Crippen LogP contribution in [0.1, 0.15) is 33.1 Å². The fourth-order valence-corrected chi connectivity index (χ4v) is 3.03. The summed E-state index contributed by atoms with van der Waals surface area (Å²) in [5.74, 6) is 9.06. The summed E-state index contributed by atoms with van der Waals surface area (Å²) in [5, 5.41) is 0. The quantitative estimate of drug-likeness (QED) is 0.432. The van der Waals surface area contributed by atoms with Gasteiger partial charge in [0.25, 0.3) is 0 Å². The van der Waals surface area contributed by atoms with Crippen molar-refractivity contribution in [2.75, 3.05) is 13.2 Å². The van der Waals surface area contributed by atoms with Crippen LogP contribution in [0.25, 0.3) is 0 Å². The van der Waals surface area contributed by atoms with E-state index in [9.17, 15) is 0 Å². The van der Waals surface area contributed by atoms with E-state index in [1.165, 1.54) is 12.8 Å². The van der Waals surface area contributed by atoms with Gasteiger partial charge < -0.3 is 9.47 Å². The van der Waals surface area contributed by atoms with E-state index < -0.39 is 0 Å². The summed E-state index contributed by atoms with van der Waals surface area (Å²) in [6.07, 6.45) is 8.84. The van der Waals surface area contributed by atoms with Crippen LogP contribution in [-0.2, 0) is 9.47 Å². The third kappa shape index (κ3) is 2.96. The van der Waals surface area contributed by atoms with E-state index in [4.69, 9.17) is 9.47 Å². The lowest BCUT2D eigenvalue weighted by atomic mass is 9.90. The van der Waals surface area contributed by atoms with Crippen LogP contribution in [0.5, 0.6) is 0 Å². The molecule has 1 heterocycles. The third-order valence-corrected chi connectivity index (χ3v) is 4.20. The lowest BCUT2D eigenvalue weighted by Crippen LogP contribution is -2.24. The number of hydrogen-bond acceptors (Lipinski definition) is 2. The Labute approximate surface area is 110 Å². The molecule has 3 aliphatic rings. The predicted molar refractivity (Wildman–Crippen MR) is 71.0 cm³/mol. The van der Waals surface area contributed by atoms with Crippen LogP contribution in [-0.4, -0.2) is 24.9 Å². The zero-order chi connectivity index (χ0) is 12.6. The number of epoxide rings is 1. The molecule has 98 valence electrons. The van der Waals surface area contributed by atoms with E-state index in [1.54, 1.807) is 0 Å². The lowest BCUT2D eigenvalue weighted by Gasteiger charge is -2.19. The third-order valence-electron chi connectivity index (χ3n) is 4.20. The van der Waals surface area contributed by atoms with Gasteiger partial charge in [-0.15, -0.1) is 0 Å². The molecule has 0 N–H and O–H groups in total. The fourth-order valence-electron chi connectivity index (χ4n) is 3.03. The van der Waals surface area contributed by atoms with Gasteiger partial charge in [-0.3, -0.25) is 0 Å². The molecule has 18 heavy (non-hydrogen) atoms. The highest BCUT2D eigenvalue weighted by Crippen LogP contribution is 2.44. The van der Waals surface area contributed by atoms with Gasteiger partial charge in [-0.2, -0.15) is 0 Å². The molecule has 2 heteroatoms. The van der Waals surface area contributed by atoms with E-state index in [1.807, 2.05) is 13.8 Å². The molecule has 2 fully saturated rings. The molecule has 2 bridgehead atoms. The van der Waals surface area contributed by atoms with Gasteiger partial charge in [0.15, 0.2) is 0 Å². The zero-order valence-corrected chi connectivity index (χ0v) is 11.3. The zero-order valence-electron chi connectivity index (χ0n) is 11.3. The van der Waals surface area contributed by atoms with Gasteiger partial charge in [0.1, 0.15) is 11.7 Å². The highest BCUT2D eigenvalue weighted by atomic mass is 16.6. The fraction of sp³-hybridized carbons (Fsp3) is 0.750. The standard InChI is InChI=1S/C16H22O2/c1-16(2,18-11-15-10-17-15)7-3-4-13-8-12-5-6-14(13)9-12/h5-6,12-15H,4,8-11H2,1-2H3/t12-,13+,14+,15-/m1/s1. The number of fused-ring (bicyclic) bond motifs is 2. The summed E-state index contributed by atoms with van der Waals surface area (Å²) in [6.45, 7) is 5.62. The Hall–Kier alpha value is -0.780. The van der Waals surface area contributed by atoms with Crippen LogP contribution in [0.15, 0.2) is 12.2 Å². The highest BCUT2D eigenvalue weighted by Gasteiger charge is 2.34. The maximum atomic E-state index is 5.77. The molecule has 0 radical (unpaired) electrons. The van der Waals surface area contributed by atoms with Gasteiger partial charge in [0.2, 0.25) is 0 Å². The second kappa shape index (κ2) is 4.72. The minimum Gasteiger partial charge on any atom is -0.371 e. The Bertz CT molecular complexity index is 395. The van der Waals surface area contributed by atoms with Gasteiger partial charge in [-0.1, -0.05) is 24.0 Å². The number of rotatable bonds is 4. The number of allylic oxidation sites excluding steroid dienone is 2. The summed E-state index contributed by atoms with van der Waals surface area (Å²) >= 11 is 0. The molecule has 2 aliphatic carbocycles. The van der Waals surface area contributed by atoms with E-state index in [0.29, 0.717) is 12.7 Å². The molecule has 0 unspecified atom stereocenters. The highest BCUT2D eigenvalue weighted by molar-refractivity contribution is 5.16. The van der Waals surface area contributed by atoms with Crippen LogP contribution in [0.3, 0.4) is 0 Å². The summed E-state index contributed by atoms with van der Waals surface area (Å²) in [7, 11) is 0. The monoisotopic (exact) mass is 246 g/mol. The smallest absolute Gasteiger partial charge is 0.123 e. The maximum absolute atomic E-state index is 5.77. The van der Waals surface area contributed by atoms with E-state index in [2.05, 4.69) is 24.0 Å². The van der Waals surface area contributed by atoms with Crippen molar-refractivity contribution in [1.82, 2.24) is 0 Å². The average molecular weight is 246 g/mol. The summed E-state index contributed by atoms with van der Waals surface area (Å²) in [6, 6.07) is 0. The number of ether oxygens (including phenoxy) is 2. The van der Waals surface area contributed by atoms with Gasteiger partial charge in [-0.05, 0) is 44.4 Å². The van der Waals surface area contributed by atoms with Gasteiger partial charge in [0.05, 0.1) is 13.2 Å². The van der Waals surface area contributed by atoms with Crippen LogP contribution < -0.4 is 0 Å². The predicted octanol–water partition coefficient (Wildman–Crippen LogP) is 2.79. The van der Waals surface area contributed by atoms with Crippen molar-refractivity contribution >= 4 is 0 Å². The molecule has 1 saturated heterocycles. The average Bonchev–Trinajstić information content (AvgIpc) is 2.94. The molecule has 0 spiro atoms. The Kier molecular flexibility index (Phi) is 3.21. The van der Waals surface area contributed by atoms with Crippen molar-refractivity contribution in [3.05, 3.63) is 12.2 Å². The topological polar surface area (TPSA) is 21.8 Å². The second-order valence-electron chi connectivity index (χ2n) is 6.32. The summed E-state index contributed by atoms with van der Waals surface area (Å²) in [5.41, 5.74) is -0.334. The van der Waals surface area contributed by atoms with Crippen molar-refractivity contribution in [2.24, 2.45) is 17.8 Å². The first kappa shape index (κ1) is 12.3. The Morgan fingerprint density at radius 2 is 2.17 bits per heavy atom. The lowest BCUT2D eigenvalue weighted by molar-refractivity contribution is 0.0177. The maximum Gasteiger partial charge on any atom is 0.123 e. The van der Waals surface area contributed by atoms with Crippen LogP contribution in [0.2, 0.25) is 0 Å². The SMILES string of the molecule is CC(C)(C#CC[C@H]1C[C@H]2C=C[C@H]1C2)OC[C@H]1CO1. The van der Waals surface area contributed by atoms with Gasteiger partial charge >= 0.3 is 0 Å². The molecule has 0 aromatic heterocycles. The molecule has 3 rings (SSSR count). The molecule has 1 aliphatic heterocycles. The van der Waals surface area contributed by atoms with Gasteiger partial charge in [-0.25, -0.2) is 0 Å². The molecule has 0 amide bonds. The van der Waals surface area contributed by atoms with Crippen LogP contribution >= 0.6 is 0 Å². The van der Waals surface area contributed by atoms with Crippen LogP contribution in [0, 0.1) is 29.6 Å². The Balaban J connectivity index is 1.46. The van der Waals surface area contributed by atoms with Crippen molar-refractivity contribution in [1.29, 1.82) is 0 Å². The molecule has 0 aromatic carbocycles. The Morgan fingerprint density at radius 1 is 1.33 bits per heavy atom. The van der Waals surface area contributed by atoms with Crippen molar-refractivity contribution in [3.8, 4) is 11.8 Å². The molecule has 0 aromatic rings. The minimum absolute atomic E-state index is 0.321. The van der Waals surface area contributed by atoms with Crippen molar-refractivity contribution in [3.63, 3.8) is 0 Å². The minimum atomic E-state index is -0.334. The molecule has 1 saturated carbocycles. The largest absolute Gasteiger partial charge is 0.371 e. The molecule has 4 atom stereocenters. The molecular formula is C16H22O2. The molecular weight excluding hydrogens is 224 g/mol. The number of hydrogen-bond donors (Lipinski definition) is 0. The first-order chi connectivity index (χ1) is 8.62. The summed E-state index contributed by atoms with van der Waals surface area (Å²) < 4.78 is 10.9. The first-order valence-electron chi connectivity index (χ1n) is 7.06. The first-order valence-corrected chi connectivity index (χ1v) is 7.06. The Morgan fingerprint density at radius 3 is 2.78 bits per heavy atom. The van der Waals surface area contributed by atoms with Crippen LogP contribution in [0.4, 0.5) is 0 Å². The van der Waals surface area contributed by atoms with E-state index >= 15 is 0 Å². The van der Waals surface area contributed by atoms with E-state index in [0.717, 1.165) is 30.8 Å². The van der Waals surface area contributed by atoms with Crippen molar-refractivity contribution < 1.29 is 9.47 Å². The second-order valence-corrected chi connectivity index (χ2v) is 6.32. The van der Waals surface area contributed by atoms with Gasteiger partial charge in [0, 0.05) is 6.42 Å². The van der Waals surface area contributed by atoms with E-state index in [-0.39, 0.29) is 5.60 Å². The summed E-state index contributed by atoms with van der Waals surface area (Å²) in [4.78, 5) is 0. The van der Waals surface area contributed by atoms with Crippen molar-refractivity contribution in [2.45, 2.75) is 44.8 Å². The normalized spacial score (nSPS) is 36.6. The molecule has 2 nitrogen and oxygen atoms in total.